The summed E-state index contributed by atoms with van der Waals surface area (Å²) in [6, 6.07) is 0. The normalized spacial score (nSPS) is 12.7. The molecule has 0 aliphatic carbocycles. The second-order valence-corrected chi connectivity index (χ2v) is 2.27. The van der Waals surface area contributed by atoms with Crippen molar-refractivity contribution in [2.24, 2.45) is 0 Å². The fourth-order valence-corrected chi connectivity index (χ4v) is 0.273. The topological polar surface area (TPSA) is 9.23 Å². The minimum absolute atomic E-state index is 0.905. The SMILES string of the molecule is CC(C)(CF)OC(F)F. The van der Waals surface area contributed by atoms with Gasteiger partial charge in [0.05, 0.1) is 5.60 Å². The number of alkyl halides is 3. The average molecular weight is 142 g/mol. The molecule has 4 heteroatoms. The van der Waals surface area contributed by atoms with Crippen molar-refractivity contribution in [3.05, 3.63) is 0 Å². The van der Waals surface area contributed by atoms with E-state index < -0.39 is 18.9 Å². The van der Waals surface area contributed by atoms with E-state index in [1.165, 1.54) is 13.8 Å². The molecule has 0 radical (unpaired) electrons. The zero-order chi connectivity index (χ0) is 7.49. The molecule has 0 rings (SSSR count). The third-order valence-corrected chi connectivity index (χ3v) is 0.730. The second-order valence-electron chi connectivity index (χ2n) is 2.27. The first-order valence-corrected chi connectivity index (χ1v) is 2.50. The maximum Gasteiger partial charge on any atom is 0.345 e. The highest BCUT2D eigenvalue weighted by molar-refractivity contribution is 4.65. The molecule has 0 aromatic heterocycles. The van der Waals surface area contributed by atoms with Crippen LogP contribution in [-0.4, -0.2) is 18.9 Å². The van der Waals surface area contributed by atoms with Crippen LogP contribution in [0.3, 0.4) is 0 Å². The summed E-state index contributed by atoms with van der Waals surface area (Å²) in [4.78, 5) is 0. The van der Waals surface area contributed by atoms with Gasteiger partial charge in [0, 0.05) is 0 Å². The Hall–Kier alpha value is -0.250. The molecule has 0 N–H and O–H groups in total. The van der Waals surface area contributed by atoms with Crippen LogP contribution in [0.25, 0.3) is 0 Å². The minimum Gasteiger partial charge on any atom is -0.314 e. The first kappa shape index (κ1) is 8.75. The maximum atomic E-state index is 11.7. The van der Waals surface area contributed by atoms with E-state index in [2.05, 4.69) is 4.74 Å². The van der Waals surface area contributed by atoms with E-state index >= 15 is 0 Å². The Morgan fingerprint density at radius 3 is 2.00 bits per heavy atom. The molecule has 0 aromatic carbocycles. The lowest BCUT2D eigenvalue weighted by Gasteiger charge is -2.19. The van der Waals surface area contributed by atoms with Gasteiger partial charge in [0.15, 0.2) is 0 Å². The molecular formula is C5H9F3O. The van der Waals surface area contributed by atoms with Gasteiger partial charge in [-0.05, 0) is 13.8 Å². The minimum atomic E-state index is -2.89. The number of halogens is 3. The standard InChI is InChI=1S/C5H9F3O/c1-5(2,3-6)9-4(7)8/h4H,3H2,1-2H3. The number of hydrogen-bond acceptors (Lipinski definition) is 1. The summed E-state index contributed by atoms with van der Waals surface area (Å²) in [6.45, 7) is -1.27. The molecule has 56 valence electrons. The zero-order valence-electron chi connectivity index (χ0n) is 5.33. The third-order valence-electron chi connectivity index (χ3n) is 0.730. The average Bonchev–Trinajstić information content (AvgIpc) is 1.63. The first-order chi connectivity index (χ1) is 3.98. The summed E-state index contributed by atoms with van der Waals surface area (Å²) in [6.07, 6.45) is 0. The molecule has 9 heavy (non-hydrogen) atoms. The summed E-state index contributed by atoms with van der Waals surface area (Å²) >= 11 is 0. The molecule has 0 spiro atoms. The predicted molar refractivity (Wildman–Crippen MR) is 27.1 cm³/mol. The van der Waals surface area contributed by atoms with Crippen LogP contribution >= 0.6 is 0 Å². The molecule has 0 atom stereocenters. The molecule has 0 aromatic rings. The van der Waals surface area contributed by atoms with Crippen molar-refractivity contribution >= 4 is 0 Å². The lowest BCUT2D eigenvalue weighted by atomic mass is 10.2. The van der Waals surface area contributed by atoms with Crippen molar-refractivity contribution in [3.63, 3.8) is 0 Å². The van der Waals surface area contributed by atoms with Crippen molar-refractivity contribution in [2.75, 3.05) is 6.67 Å². The third kappa shape index (κ3) is 4.27. The summed E-state index contributed by atoms with van der Waals surface area (Å²) < 4.78 is 38.2. The van der Waals surface area contributed by atoms with Gasteiger partial charge in [0.25, 0.3) is 0 Å². The Labute approximate surface area is 51.8 Å². The van der Waals surface area contributed by atoms with Gasteiger partial charge in [-0.15, -0.1) is 0 Å². The molecule has 0 saturated heterocycles. The van der Waals surface area contributed by atoms with Crippen LogP contribution in [0.1, 0.15) is 13.8 Å². The molecule has 0 bridgehead atoms. The van der Waals surface area contributed by atoms with Gasteiger partial charge in [0.2, 0.25) is 0 Å². The van der Waals surface area contributed by atoms with Crippen molar-refractivity contribution < 1.29 is 17.9 Å². The fourth-order valence-electron chi connectivity index (χ4n) is 0.273. The van der Waals surface area contributed by atoms with Crippen LogP contribution in [0.5, 0.6) is 0 Å². The van der Waals surface area contributed by atoms with Gasteiger partial charge >= 0.3 is 6.61 Å². The lowest BCUT2D eigenvalue weighted by Crippen LogP contribution is -2.29. The maximum absolute atomic E-state index is 11.7. The number of hydrogen-bond donors (Lipinski definition) is 0. The molecule has 0 aliphatic rings. The van der Waals surface area contributed by atoms with Crippen molar-refractivity contribution in [1.82, 2.24) is 0 Å². The van der Waals surface area contributed by atoms with Crippen molar-refractivity contribution in [3.8, 4) is 0 Å². The predicted octanol–water partition coefficient (Wildman–Crippen LogP) is 1.97. The van der Waals surface area contributed by atoms with Gasteiger partial charge in [-0.1, -0.05) is 0 Å². The molecule has 0 unspecified atom stereocenters. The Kier molecular flexibility index (Phi) is 2.97. The Bertz CT molecular complexity index is 82.3. The highest BCUT2D eigenvalue weighted by Gasteiger charge is 2.22. The summed E-state index contributed by atoms with van der Waals surface area (Å²) in [7, 11) is 0. The summed E-state index contributed by atoms with van der Waals surface area (Å²) in [5.41, 5.74) is -1.35. The van der Waals surface area contributed by atoms with E-state index in [4.69, 9.17) is 0 Å². The molecule has 0 heterocycles. The fraction of sp³-hybridized carbons (Fsp3) is 1.00. The van der Waals surface area contributed by atoms with E-state index in [1.807, 2.05) is 0 Å². The van der Waals surface area contributed by atoms with Crippen molar-refractivity contribution in [1.29, 1.82) is 0 Å². The van der Waals surface area contributed by atoms with E-state index in [0.717, 1.165) is 0 Å². The largest absolute Gasteiger partial charge is 0.345 e. The highest BCUT2D eigenvalue weighted by atomic mass is 19.3. The second kappa shape index (κ2) is 3.06. The first-order valence-electron chi connectivity index (χ1n) is 2.50. The van der Waals surface area contributed by atoms with Gasteiger partial charge in [-0.2, -0.15) is 8.78 Å². The summed E-state index contributed by atoms with van der Waals surface area (Å²) in [5, 5.41) is 0. The number of rotatable bonds is 3. The molecule has 0 fully saturated rings. The van der Waals surface area contributed by atoms with Crippen LogP contribution in [0.2, 0.25) is 0 Å². The molecular weight excluding hydrogens is 133 g/mol. The van der Waals surface area contributed by atoms with Crippen LogP contribution in [-0.2, 0) is 4.74 Å². The highest BCUT2D eigenvalue weighted by Crippen LogP contribution is 2.13. The summed E-state index contributed by atoms with van der Waals surface area (Å²) in [5.74, 6) is 0. The van der Waals surface area contributed by atoms with Crippen LogP contribution < -0.4 is 0 Å². The van der Waals surface area contributed by atoms with Crippen LogP contribution in [0, 0.1) is 0 Å². The van der Waals surface area contributed by atoms with E-state index in [1.54, 1.807) is 0 Å². The smallest absolute Gasteiger partial charge is 0.314 e. The lowest BCUT2D eigenvalue weighted by molar-refractivity contribution is -0.200. The Morgan fingerprint density at radius 2 is 1.89 bits per heavy atom. The van der Waals surface area contributed by atoms with E-state index in [0.29, 0.717) is 0 Å². The van der Waals surface area contributed by atoms with Gasteiger partial charge < -0.3 is 4.74 Å². The van der Waals surface area contributed by atoms with Crippen LogP contribution in [0.4, 0.5) is 13.2 Å². The van der Waals surface area contributed by atoms with E-state index in [9.17, 15) is 13.2 Å². The number of ether oxygens (including phenoxy) is 1. The Balaban J connectivity index is 3.58. The molecule has 0 amide bonds. The zero-order valence-corrected chi connectivity index (χ0v) is 5.33. The van der Waals surface area contributed by atoms with Gasteiger partial charge in [-0.25, -0.2) is 4.39 Å². The molecule has 0 saturated carbocycles. The molecule has 0 aliphatic heterocycles. The van der Waals surface area contributed by atoms with E-state index in [-0.39, 0.29) is 0 Å². The quantitative estimate of drug-likeness (QED) is 0.585. The molecule has 1 nitrogen and oxygen atoms in total. The van der Waals surface area contributed by atoms with Crippen molar-refractivity contribution in [2.45, 2.75) is 26.1 Å². The van der Waals surface area contributed by atoms with Gasteiger partial charge in [-0.3, -0.25) is 0 Å². The van der Waals surface area contributed by atoms with Gasteiger partial charge in [0.1, 0.15) is 6.67 Å². The van der Waals surface area contributed by atoms with Crippen LogP contribution in [0.15, 0.2) is 0 Å². The Morgan fingerprint density at radius 1 is 1.44 bits per heavy atom. The monoisotopic (exact) mass is 142 g/mol.